The maximum atomic E-state index is 5.65. The average Bonchev–Trinajstić information content (AvgIpc) is 2.56. The van der Waals surface area contributed by atoms with Crippen LogP contribution in [0.1, 0.15) is 5.56 Å². The highest BCUT2D eigenvalue weighted by atomic mass is 15.1. The summed E-state index contributed by atoms with van der Waals surface area (Å²) in [6.45, 7) is 0.506. The molecule has 3 aromatic rings. The van der Waals surface area contributed by atoms with Crippen molar-refractivity contribution in [3.05, 3.63) is 66.6 Å². The van der Waals surface area contributed by atoms with Gasteiger partial charge in [-0.25, -0.2) is 9.97 Å². The lowest BCUT2D eigenvalue weighted by molar-refractivity contribution is 1.07. The van der Waals surface area contributed by atoms with E-state index in [0.717, 1.165) is 22.5 Å². The first-order valence-corrected chi connectivity index (χ1v) is 6.64. The number of hydrogen-bond acceptors (Lipinski definition) is 5. The molecule has 0 aliphatic rings. The van der Waals surface area contributed by atoms with Gasteiger partial charge < -0.3 is 11.1 Å². The van der Waals surface area contributed by atoms with E-state index in [1.165, 1.54) is 0 Å². The minimum Gasteiger partial charge on any atom is -0.326 e. The van der Waals surface area contributed by atoms with E-state index >= 15 is 0 Å². The zero-order valence-corrected chi connectivity index (χ0v) is 11.4. The maximum absolute atomic E-state index is 5.65. The number of nitrogens with zero attached hydrogens (tertiary/aromatic N) is 3. The van der Waals surface area contributed by atoms with E-state index in [4.69, 9.17) is 5.73 Å². The summed E-state index contributed by atoms with van der Waals surface area (Å²) in [5.74, 6) is 0.547. The van der Waals surface area contributed by atoms with E-state index in [1.54, 1.807) is 18.6 Å². The van der Waals surface area contributed by atoms with Gasteiger partial charge >= 0.3 is 0 Å². The van der Waals surface area contributed by atoms with Crippen LogP contribution in [0.25, 0.3) is 11.3 Å². The minimum absolute atomic E-state index is 0.506. The number of anilines is 2. The van der Waals surface area contributed by atoms with Crippen LogP contribution in [0, 0.1) is 0 Å². The van der Waals surface area contributed by atoms with Crippen molar-refractivity contribution in [3.8, 4) is 11.3 Å². The Kier molecular flexibility index (Phi) is 3.84. The molecule has 0 aliphatic carbocycles. The molecule has 2 heterocycles. The first-order chi connectivity index (χ1) is 10.3. The normalized spacial score (nSPS) is 10.3. The monoisotopic (exact) mass is 277 g/mol. The van der Waals surface area contributed by atoms with Gasteiger partial charge in [-0.2, -0.15) is 0 Å². The van der Waals surface area contributed by atoms with Crippen molar-refractivity contribution in [2.24, 2.45) is 5.73 Å². The molecule has 0 saturated carbocycles. The lowest BCUT2D eigenvalue weighted by Crippen LogP contribution is -2.00. The molecule has 0 bridgehead atoms. The molecule has 5 heteroatoms. The van der Waals surface area contributed by atoms with Gasteiger partial charge in [0.2, 0.25) is 5.95 Å². The SMILES string of the molecule is NCc1cccc(Nc2nccc(-c3cccnc3)n2)c1. The molecular formula is C16H15N5. The topological polar surface area (TPSA) is 76.7 Å². The molecule has 1 aromatic carbocycles. The van der Waals surface area contributed by atoms with Crippen molar-refractivity contribution in [3.63, 3.8) is 0 Å². The summed E-state index contributed by atoms with van der Waals surface area (Å²) in [7, 11) is 0. The molecule has 3 rings (SSSR count). The fraction of sp³-hybridized carbons (Fsp3) is 0.0625. The molecule has 3 N–H and O–H groups in total. The van der Waals surface area contributed by atoms with Gasteiger partial charge in [0.15, 0.2) is 0 Å². The molecule has 0 atom stereocenters. The van der Waals surface area contributed by atoms with Gasteiger partial charge in [0, 0.05) is 36.4 Å². The molecule has 0 radical (unpaired) electrons. The zero-order valence-electron chi connectivity index (χ0n) is 11.4. The van der Waals surface area contributed by atoms with Crippen LogP contribution < -0.4 is 11.1 Å². The predicted molar refractivity (Wildman–Crippen MR) is 82.9 cm³/mol. The molecule has 0 saturated heterocycles. The van der Waals surface area contributed by atoms with E-state index in [-0.39, 0.29) is 0 Å². The van der Waals surface area contributed by atoms with E-state index in [1.807, 2.05) is 42.5 Å². The molecule has 0 amide bonds. The third-order valence-corrected chi connectivity index (χ3v) is 3.03. The molecule has 5 nitrogen and oxygen atoms in total. The number of hydrogen-bond donors (Lipinski definition) is 2. The van der Waals surface area contributed by atoms with E-state index in [0.29, 0.717) is 12.5 Å². The van der Waals surface area contributed by atoms with Crippen LogP contribution >= 0.6 is 0 Å². The zero-order chi connectivity index (χ0) is 14.5. The standard InChI is InChI=1S/C16H15N5/c17-10-12-3-1-5-14(9-12)20-16-19-8-6-15(21-16)13-4-2-7-18-11-13/h1-9,11H,10,17H2,(H,19,20,21). The lowest BCUT2D eigenvalue weighted by Gasteiger charge is -2.07. The van der Waals surface area contributed by atoms with E-state index in [9.17, 15) is 0 Å². The van der Waals surface area contributed by atoms with Crippen molar-refractivity contribution in [2.45, 2.75) is 6.54 Å². The second kappa shape index (κ2) is 6.11. The molecule has 21 heavy (non-hydrogen) atoms. The molecular weight excluding hydrogens is 262 g/mol. The predicted octanol–water partition coefficient (Wildman–Crippen LogP) is 2.74. The van der Waals surface area contributed by atoms with Gasteiger partial charge in [0.05, 0.1) is 5.69 Å². The third-order valence-electron chi connectivity index (χ3n) is 3.03. The van der Waals surface area contributed by atoms with E-state index < -0.39 is 0 Å². The second-order valence-electron chi connectivity index (χ2n) is 4.54. The highest BCUT2D eigenvalue weighted by Crippen LogP contribution is 2.19. The van der Waals surface area contributed by atoms with Crippen molar-refractivity contribution in [1.82, 2.24) is 15.0 Å². The first-order valence-electron chi connectivity index (χ1n) is 6.64. The van der Waals surface area contributed by atoms with Crippen LogP contribution in [-0.4, -0.2) is 15.0 Å². The smallest absolute Gasteiger partial charge is 0.227 e. The van der Waals surface area contributed by atoms with Crippen LogP contribution in [-0.2, 0) is 6.54 Å². The summed E-state index contributed by atoms with van der Waals surface area (Å²) < 4.78 is 0. The Bertz CT molecular complexity index is 727. The summed E-state index contributed by atoms with van der Waals surface area (Å²) >= 11 is 0. The van der Waals surface area contributed by atoms with E-state index in [2.05, 4.69) is 20.3 Å². The molecule has 0 spiro atoms. The summed E-state index contributed by atoms with van der Waals surface area (Å²) in [5.41, 5.74) is 9.41. The number of rotatable bonds is 4. The summed E-state index contributed by atoms with van der Waals surface area (Å²) in [6.07, 6.45) is 5.24. The van der Waals surface area contributed by atoms with Crippen LogP contribution in [0.2, 0.25) is 0 Å². The maximum Gasteiger partial charge on any atom is 0.227 e. The number of nitrogens with one attached hydrogen (secondary N) is 1. The van der Waals surface area contributed by atoms with Crippen LogP contribution in [0.15, 0.2) is 61.1 Å². The Labute approximate surface area is 122 Å². The number of aromatic nitrogens is 3. The van der Waals surface area contributed by atoms with Gasteiger partial charge in [-0.15, -0.1) is 0 Å². The van der Waals surface area contributed by atoms with Crippen molar-refractivity contribution in [2.75, 3.05) is 5.32 Å². The summed E-state index contributed by atoms with van der Waals surface area (Å²) in [5, 5.41) is 3.19. The molecule has 104 valence electrons. The Balaban J connectivity index is 1.86. The molecule has 0 aliphatic heterocycles. The Morgan fingerprint density at radius 1 is 1.05 bits per heavy atom. The third kappa shape index (κ3) is 3.21. The van der Waals surface area contributed by atoms with Gasteiger partial charge in [-0.1, -0.05) is 12.1 Å². The van der Waals surface area contributed by atoms with Gasteiger partial charge in [-0.05, 0) is 35.9 Å². The van der Waals surface area contributed by atoms with Crippen LogP contribution in [0.3, 0.4) is 0 Å². The Morgan fingerprint density at radius 2 is 2.00 bits per heavy atom. The largest absolute Gasteiger partial charge is 0.326 e. The van der Waals surface area contributed by atoms with Crippen molar-refractivity contribution >= 4 is 11.6 Å². The van der Waals surface area contributed by atoms with Crippen molar-refractivity contribution < 1.29 is 0 Å². The minimum atomic E-state index is 0.506. The molecule has 0 unspecified atom stereocenters. The van der Waals surface area contributed by atoms with Gasteiger partial charge in [0.25, 0.3) is 0 Å². The fourth-order valence-electron chi connectivity index (χ4n) is 2.00. The highest BCUT2D eigenvalue weighted by Gasteiger charge is 2.03. The van der Waals surface area contributed by atoms with Crippen LogP contribution in [0.4, 0.5) is 11.6 Å². The summed E-state index contributed by atoms with van der Waals surface area (Å²) in [6, 6.07) is 13.6. The first kappa shape index (κ1) is 13.2. The molecule has 2 aromatic heterocycles. The number of pyridine rings is 1. The fourth-order valence-corrected chi connectivity index (χ4v) is 2.00. The number of nitrogens with two attached hydrogens (primary N) is 1. The number of benzene rings is 1. The summed E-state index contributed by atoms with van der Waals surface area (Å²) in [4.78, 5) is 12.8. The van der Waals surface area contributed by atoms with Gasteiger partial charge in [-0.3, -0.25) is 4.98 Å². The second-order valence-corrected chi connectivity index (χ2v) is 4.54. The highest BCUT2D eigenvalue weighted by molar-refractivity contribution is 5.61. The Morgan fingerprint density at radius 3 is 2.81 bits per heavy atom. The van der Waals surface area contributed by atoms with Crippen molar-refractivity contribution in [1.29, 1.82) is 0 Å². The Hall–Kier alpha value is -2.79. The van der Waals surface area contributed by atoms with Gasteiger partial charge in [0.1, 0.15) is 0 Å². The quantitative estimate of drug-likeness (QED) is 0.766. The van der Waals surface area contributed by atoms with Crippen LogP contribution in [0.5, 0.6) is 0 Å². The molecule has 0 fully saturated rings. The lowest BCUT2D eigenvalue weighted by atomic mass is 10.2. The average molecular weight is 277 g/mol.